The molecule has 0 atom stereocenters. The maximum Gasteiger partial charge on any atom is 0.416 e. The van der Waals surface area contributed by atoms with Gasteiger partial charge in [-0.3, -0.25) is 0 Å². The number of nitrogens with one attached hydrogen (secondary N) is 1. The Labute approximate surface area is 160 Å². The molecule has 1 heterocycles. The molecule has 0 amide bonds. The van der Waals surface area contributed by atoms with Crippen LogP contribution >= 0.6 is 0 Å². The van der Waals surface area contributed by atoms with Gasteiger partial charge in [-0.25, -0.2) is 4.98 Å². The Bertz CT molecular complexity index is 1000. The lowest BCUT2D eigenvalue weighted by molar-refractivity contribution is -0.137. The molecule has 0 spiro atoms. The van der Waals surface area contributed by atoms with Crippen molar-refractivity contribution in [1.82, 2.24) is 9.97 Å². The van der Waals surface area contributed by atoms with Crippen molar-refractivity contribution in [3.05, 3.63) is 125 Å². The summed E-state index contributed by atoms with van der Waals surface area (Å²) in [5.41, 5.74) is 0.459. The predicted octanol–water partition coefficient (Wildman–Crippen LogP) is 5.81. The Morgan fingerprint density at radius 2 is 1.18 bits per heavy atom. The second kappa shape index (κ2) is 7.00. The Morgan fingerprint density at radius 1 is 0.643 bits per heavy atom. The van der Waals surface area contributed by atoms with E-state index < -0.39 is 17.2 Å². The molecular weight excluding hydrogens is 361 g/mol. The molecule has 0 fully saturated rings. The summed E-state index contributed by atoms with van der Waals surface area (Å²) in [5, 5.41) is 0. The molecule has 1 aromatic heterocycles. The van der Waals surface area contributed by atoms with E-state index in [1.165, 1.54) is 12.1 Å². The average molecular weight is 378 g/mol. The first kappa shape index (κ1) is 18.0. The number of aromatic amines is 1. The van der Waals surface area contributed by atoms with E-state index in [0.717, 1.165) is 17.2 Å². The van der Waals surface area contributed by atoms with Crippen molar-refractivity contribution in [3.8, 4) is 0 Å². The third-order valence-corrected chi connectivity index (χ3v) is 4.89. The van der Waals surface area contributed by atoms with Gasteiger partial charge in [0, 0.05) is 12.4 Å². The van der Waals surface area contributed by atoms with Gasteiger partial charge in [0.05, 0.1) is 5.56 Å². The summed E-state index contributed by atoms with van der Waals surface area (Å²) >= 11 is 0. The molecule has 1 N–H and O–H groups in total. The molecular formula is C23H17F3N2. The van der Waals surface area contributed by atoms with E-state index in [1.807, 2.05) is 60.7 Å². The zero-order valence-corrected chi connectivity index (χ0v) is 14.8. The standard InChI is InChI=1S/C23H17F3N2/c24-23(25,26)20-13-7-12-19(16-20)22(21-27-14-15-28-21,17-8-3-1-4-9-17)18-10-5-2-6-11-18/h1-16H,(H,27,28). The predicted molar refractivity (Wildman–Crippen MR) is 102 cm³/mol. The average Bonchev–Trinajstić information content (AvgIpc) is 3.25. The van der Waals surface area contributed by atoms with Crippen molar-refractivity contribution in [3.63, 3.8) is 0 Å². The van der Waals surface area contributed by atoms with Gasteiger partial charge < -0.3 is 4.98 Å². The monoisotopic (exact) mass is 378 g/mol. The minimum absolute atomic E-state index is 0.495. The molecule has 0 unspecified atom stereocenters. The normalized spacial score (nSPS) is 12.1. The summed E-state index contributed by atoms with van der Waals surface area (Å²) < 4.78 is 40.4. The molecule has 4 rings (SSSR count). The first-order valence-corrected chi connectivity index (χ1v) is 8.81. The number of aromatic nitrogens is 2. The minimum Gasteiger partial charge on any atom is -0.347 e. The highest BCUT2D eigenvalue weighted by molar-refractivity contribution is 5.57. The summed E-state index contributed by atoms with van der Waals surface area (Å²) in [6, 6.07) is 24.4. The zero-order valence-electron chi connectivity index (χ0n) is 14.8. The zero-order chi connectivity index (χ0) is 19.6. The third kappa shape index (κ3) is 2.99. The lowest BCUT2D eigenvalue weighted by Crippen LogP contribution is -2.32. The van der Waals surface area contributed by atoms with E-state index in [4.69, 9.17) is 0 Å². The highest BCUT2D eigenvalue weighted by Gasteiger charge is 2.42. The van der Waals surface area contributed by atoms with Crippen LogP contribution in [0.15, 0.2) is 97.3 Å². The van der Waals surface area contributed by atoms with Gasteiger partial charge in [0.2, 0.25) is 0 Å². The van der Waals surface area contributed by atoms with E-state index >= 15 is 0 Å². The highest BCUT2D eigenvalue weighted by Crippen LogP contribution is 2.44. The van der Waals surface area contributed by atoms with E-state index in [0.29, 0.717) is 11.4 Å². The Hall–Kier alpha value is -3.34. The Balaban J connectivity index is 2.10. The number of rotatable bonds is 4. The fourth-order valence-corrected chi connectivity index (χ4v) is 3.69. The maximum atomic E-state index is 13.5. The summed E-state index contributed by atoms with van der Waals surface area (Å²) in [4.78, 5) is 7.61. The van der Waals surface area contributed by atoms with Crippen molar-refractivity contribution in [2.75, 3.05) is 0 Å². The van der Waals surface area contributed by atoms with Crippen LogP contribution in [0.3, 0.4) is 0 Å². The second-order valence-electron chi connectivity index (χ2n) is 6.50. The second-order valence-corrected chi connectivity index (χ2v) is 6.50. The summed E-state index contributed by atoms with van der Waals surface area (Å²) in [7, 11) is 0. The molecule has 2 nitrogen and oxygen atoms in total. The van der Waals surface area contributed by atoms with Gasteiger partial charge in [0.1, 0.15) is 11.2 Å². The van der Waals surface area contributed by atoms with Gasteiger partial charge in [-0.05, 0) is 22.8 Å². The molecule has 3 aromatic carbocycles. The largest absolute Gasteiger partial charge is 0.416 e. The minimum atomic E-state index is -4.43. The van der Waals surface area contributed by atoms with E-state index in [2.05, 4.69) is 9.97 Å². The van der Waals surface area contributed by atoms with Crippen LogP contribution in [-0.2, 0) is 11.6 Å². The van der Waals surface area contributed by atoms with Crippen LogP contribution in [0.25, 0.3) is 0 Å². The van der Waals surface area contributed by atoms with Crippen LogP contribution < -0.4 is 0 Å². The number of halogens is 3. The van der Waals surface area contributed by atoms with Crippen molar-refractivity contribution < 1.29 is 13.2 Å². The molecule has 0 aliphatic carbocycles. The van der Waals surface area contributed by atoms with Crippen LogP contribution in [0.2, 0.25) is 0 Å². The van der Waals surface area contributed by atoms with Crippen molar-refractivity contribution in [2.24, 2.45) is 0 Å². The SMILES string of the molecule is FC(F)(F)c1cccc(C(c2ccccc2)(c2ccccc2)c2ncc[nH]2)c1. The van der Waals surface area contributed by atoms with Gasteiger partial charge >= 0.3 is 6.18 Å². The van der Waals surface area contributed by atoms with Crippen molar-refractivity contribution in [1.29, 1.82) is 0 Å². The molecule has 4 aromatic rings. The van der Waals surface area contributed by atoms with Gasteiger partial charge in [-0.15, -0.1) is 0 Å². The Kier molecular flexibility index (Phi) is 4.51. The van der Waals surface area contributed by atoms with Crippen LogP contribution in [0.1, 0.15) is 28.1 Å². The van der Waals surface area contributed by atoms with E-state index in [1.54, 1.807) is 18.5 Å². The highest BCUT2D eigenvalue weighted by atomic mass is 19.4. The first-order chi connectivity index (χ1) is 13.5. The number of benzene rings is 3. The van der Waals surface area contributed by atoms with Crippen molar-refractivity contribution in [2.45, 2.75) is 11.6 Å². The third-order valence-electron chi connectivity index (χ3n) is 4.89. The van der Waals surface area contributed by atoms with Crippen LogP contribution in [0, 0.1) is 0 Å². The van der Waals surface area contributed by atoms with Crippen LogP contribution in [0.5, 0.6) is 0 Å². The molecule has 5 heteroatoms. The van der Waals surface area contributed by atoms with Crippen LogP contribution in [0.4, 0.5) is 13.2 Å². The lowest BCUT2D eigenvalue weighted by Gasteiger charge is -2.34. The van der Waals surface area contributed by atoms with E-state index in [9.17, 15) is 13.2 Å². The lowest BCUT2D eigenvalue weighted by atomic mass is 9.68. The molecule has 0 saturated heterocycles. The number of H-pyrrole nitrogens is 1. The number of imidazole rings is 1. The molecule has 0 aliphatic heterocycles. The van der Waals surface area contributed by atoms with Crippen LogP contribution in [-0.4, -0.2) is 9.97 Å². The van der Waals surface area contributed by atoms with Crippen molar-refractivity contribution >= 4 is 0 Å². The number of hydrogen-bond acceptors (Lipinski definition) is 1. The smallest absolute Gasteiger partial charge is 0.347 e. The van der Waals surface area contributed by atoms with Gasteiger partial charge in [-0.2, -0.15) is 13.2 Å². The number of alkyl halides is 3. The number of hydrogen-bond donors (Lipinski definition) is 1. The molecule has 0 aliphatic rings. The van der Waals surface area contributed by atoms with E-state index in [-0.39, 0.29) is 0 Å². The summed E-state index contributed by atoms with van der Waals surface area (Å²) in [5.74, 6) is 0.559. The Morgan fingerprint density at radius 3 is 1.68 bits per heavy atom. The van der Waals surface area contributed by atoms with Gasteiger partial charge in [0.25, 0.3) is 0 Å². The number of nitrogens with zero attached hydrogens (tertiary/aromatic N) is 1. The fourth-order valence-electron chi connectivity index (χ4n) is 3.69. The molecule has 28 heavy (non-hydrogen) atoms. The quantitative estimate of drug-likeness (QED) is 0.446. The molecule has 0 saturated carbocycles. The maximum absolute atomic E-state index is 13.5. The fraction of sp³-hybridized carbons (Fsp3) is 0.0870. The topological polar surface area (TPSA) is 28.7 Å². The molecule has 0 radical (unpaired) electrons. The summed E-state index contributed by atoms with van der Waals surface area (Å²) in [6.07, 6.45) is -1.13. The summed E-state index contributed by atoms with van der Waals surface area (Å²) in [6.45, 7) is 0. The molecule has 0 bridgehead atoms. The van der Waals surface area contributed by atoms with Gasteiger partial charge in [-0.1, -0.05) is 78.9 Å². The van der Waals surface area contributed by atoms with Gasteiger partial charge in [0.15, 0.2) is 0 Å². The first-order valence-electron chi connectivity index (χ1n) is 8.81. The molecule has 140 valence electrons.